The number of aldehydes is 1. The van der Waals surface area contributed by atoms with Crippen LogP contribution < -0.4 is 9.47 Å². The molecule has 0 fully saturated rings. The Kier molecular flexibility index (Phi) is 5.01. The van der Waals surface area contributed by atoms with Crippen molar-refractivity contribution in [1.29, 1.82) is 0 Å². The molecule has 0 bridgehead atoms. The maximum absolute atomic E-state index is 11.2. The molecule has 0 radical (unpaired) electrons. The monoisotopic (exact) mass is 356 g/mol. The van der Waals surface area contributed by atoms with Crippen molar-refractivity contribution in [2.45, 2.75) is 5.75 Å². The first kappa shape index (κ1) is 15.3. The minimum absolute atomic E-state index is 0.165. The predicted molar refractivity (Wildman–Crippen MR) is 71.1 cm³/mol. The van der Waals surface area contributed by atoms with Crippen molar-refractivity contribution < 1.29 is 22.7 Å². The minimum Gasteiger partial charge on any atom is -0.492 e. The molecule has 1 aromatic rings. The average molecular weight is 358 g/mol. The maximum Gasteiger partial charge on any atom is 0.236 e. The van der Waals surface area contributed by atoms with Crippen LogP contribution in [0, 0.1) is 0 Å². The smallest absolute Gasteiger partial charge is 0.236 e. The van der Waals surface area contributed by atoms with Crippen molar-refractivity contribution in [3.05, 3.63) is 21.7 Å². The van der Waals surface area contributed by atoms with E-state index in [9.17, 15) is 13.2 Å². The van der Waals surface area contributed by atoms with Gasteiger partial charge >= 0.3 is 0 Å². The fraction of sp³-hybridized carbons (Fsp3) is 0.300. The average Bonchev–Trinajstić information content (AvgIpc) is 2.29. The quantitative estimate of drug-likeness (QED) is 0.597. The molecule has 8 heteroatoms. The van der Waals surface area contributed by atoms with Crippen molar-refractivity contribution in [3.8, 4) is 11.5 Å². The maximum atomic E-state index is 11.2. The first-order valence-electron chi connectivity index (χ1n) is 4.65. The molecule has 0 N–H and O–H groups in total. The zero-order chi connectivity index (χ0) is 13.9. The van der Waals surface area contributed by atoms with Gasteiger partial charge in [0.05, 0.1) is 25.5 Å². The van der Waals surface area contributed by atoms with Crippen molar-refractivity contribution >= 4 is 41.9 Å². The second-order valence-corrected chi connectivity index (χ2v) is 6.92. The van der Waals surface area contributed by atoms with Gasteiger partial charge < -0.3 is 9.47 Å². The molecule has 5 nitrogen and oxygen atoms in total. The summed E-state index contributed by atoms with van der Waals surface area (Å²) < 4.78 is 32.9. The normalized spacial score (nSPS) is 11.1. The lowest BCUT2D eigenvalue weighted by atomic mass is 10.1. The first-order valence-corrected chi connectivity index (χ1v) is 7.92. The van der Waals surface area contributed by atoms with E-state index >= 15 is 0 Å². The molecule has 0 saturated heterocycles. The van der Waals surface area contributed by atoms with E-state index in [1.165, 1.54) is 20.3 Å². The molecular formula is C10H10BrClO5S. The van der Waals surface area contributed by atoms with Crippen LogP contribution in [-0.4, -0.2) is 28.9 Å². The molecule has 0 atom stereocenters. The highest BCUT2D eigenvalue weighted by Gasteiger charge is 2.22. The van der Waals surface area contributed by atoms with Gasteiger partial charge in [-0.3, -0.25) is 4.79 Å². The summed E-state index contributed by atoms with van der Waals surface area (Å²) in [5.74, 6) is -0.0995. The number of halogens is 2. The number of carbonyl (C=O) groups excluding carboxylic acids is 1. The zero-order valence-corrected chi connectivity index (χ0v) is 12.7. The Morgan fingerprint density at radius 2 is 1.89 bits per heavy atom. The van der Waals surface area contributed by atoms with E-state index in [1.807, 2.05) is 0 Å². The van der Waals surface area contributed by atoms with E-state index in [-0.39, 0.29) is 17.1 Å². The molecule has 0 aliphatic rings. The summed E-state index contributed by atoms with van der Waals surface area (Å²) in [5, 5.41) is 0. The summed E-state index contributed by atoms with van der Waals surface area (Å²) in [6, 6.07) is 1.45. The molecule has 0 amide bonds. The van der Waals surface area contributed by atoms with Crippen molar-refractivity contribution in [2.24, 2.45) is 0 Å². The summed E-state index contributed by atoms with van der Waals surface area (Å²) in [6.07, 6.45) is 0.588. The number of ether oxygens (including phenoxy) is 2. The lowest BCUT2D eigenvalue weighted by molar-refractivity contribution is 0.112. The second kappa shape index (κ2) is 5.90. The highest BCUT2D eigenvalue weighted by molar-refractivity contribution is 9.10. The number of hydrogen-bond acceptors (Lipinski definition) is 5. The largest absolute Gasteiger partial charge is 0.492 e. The van der Waals surface area contributed by atoms with Crippen LogP contribution in [0.15, 0.2) is 10.5 Å². The van der Waals surface area contributed by atoms with Gasteiger partial charge in [0.2, 0.25) is 9.05 Å². The Morgan fingerprint density at radius 3 is 2.28 bits per heavy atom. The summed E-state index contributed by atoms with van der Waals surface area (Å²) in [5.41, 5.74) is 0.548. The summed E-state index contributed by atoms with van der Waals surface area (Å²) in [7, 11) is 4.17. The highest BCUT2D eigenvalue weighted by atomic mass is 79.9. The SMILES string of the molecule is COc1c(C=O)cc(Br)c(CS(=O)(=O)Cl)c1OC. The third-order valence-corrected chi connectivity index (χ3v) is 3.83. The van der Waals surface area contributed by atoms with Crippen LogP contribution in [0.4, 0.5) is 0 Å². The van der Waals surface area contributed by atoms with Gasteiger partial charge in [-0.25, -0.2) is 8.42 Å². The topological polar surface area (TPSA) is 69.7 Å². The Morgan fingerprint density at radius 1 is 1.33 bits per heavy atom. The summed E-state index contributed by atoms with van der Waals surface area (Å²) >= 11 is 3.18. The number of carbonyl (C=O) groups is 1. The minimum atomic E-state index is -3.76. The molecular weight excluding hydrogens is 348 g/mol. The number of benzene rings is 1. The zero-order valence-electron chi connectivity index (χ0n) is 9.57. The molecule has 100 valence electrons. The molecule has 1 aromatic carbocycles. The number of rotatable bonds is 5. The summed E-state index contributed by atoms with van der Waals surface area (Å²) in [4.78, 5) is 10.9. The van der Waals surface area contributed by atoms with Gasteiger partial charge in [0.25, 0.3) is 0 Å². The molecule has 0 saturated carbocycles. The molecule has 0 heterocycles. The van der Waals surface area contributed by atoms with Gasteiger partial charge in [-0.15, -0.1) is 0 Å². The molecule has 0 aromatic heterocycles. The van der Waals surface area contributed by atoms with Crippen LogP contribution in [0.1, 0.15) is 15.9 Å². The van der Waals surface area contributed by atoms with E-state index in [0.29, 0.717) is 16.3 Å². The first-order chi connectivity index (χ1) is 8.34. The van der Waals surface area contributed by atoms with Crippen LogP contribution in [0.25, 0.3) is 0 Å². The van der Waals surface area contributed by atoms with Crippen LogP contribution in [0.5, 0.6) is 11.5 Å². The van der Waals surface area contributed by atoms with Crippen LogP contribution in [0.2, 0.25) is 0 Å². The third-order valence-electron chi connectivity index (χ3n) is 2.16. The van der Waals surface area contributed by atoms with Crippen LogP contribution in [0.3, 0.4) is 0 Å². The van der Waals surface area contributed by atoms with Gasteiger partial charge in [0.15, 0.2) is 17.8 Å². The molecule has 18 heavy (non-hydrogen) atoms. The Labute approximate surface area is 118 Å². The highest BCUT2D eigenvalue weighted by Crippen LogP contribution is 2.40. The number of hydrogen-bond donors (Lipinski definition) is 0. The van der Waals surface area contributed by atoms with E-state index in [0.717, 1.165) is 0 Å². The Hall–Kier alpha value is -0.790. The molecule has 0 unspecified atom stereocenters. The van der Waals surface area contributed by atoms with Crippen molar-refractivity contribution in [3.63, 3.8) is 0 Å². The van der Waals surface area contributed by atoms with Gasteiger partial charge in [0.1, 0.15) is 0 Å². The van der Waals surface area contributed by atoms with Crippen molar-refractivity contribution in [2.75, 3.05) is 14.2 Å². The lowest BCUT2D eigenvalue weighted by Crippen LogP contribution is -2.04. The fourth-order valence-electron chi connectivity index (χ4n) is 1.49. The van der Waals surface area contributed by atoms with Crippen LogP contribution >= 0.6 is 26.6 Å². The summed E-state index contributed by atoms with van der Waals surface area (Å²) in [6.45, 7) is 0. The van der Waals surface area contributed by atoms with E-state index in [4.69, 9.17) is 20.2 Å². The standard InChI is InChI=1S/C10H10BrClO5S/c1-16-9-6(4-13)3-8(11)7(10(9)17-2)5-18(12,14)15/h3-4H,5H2,1-2H3. The van der Waals surface area contributed by atoms with Crippen LogP contribution in [-0.2, 0) is 14.8 Å². The fourth-order valence-corrected chi connectivity index (χ4v) is 3.20. The lowest BCUT2D eigenvalue weighted by Gasteiger charge is -2.15. The van der Waals surface area contributed by atoms with E-state index in [1.54, 1.807) is 0 Å². The molecule has 0 aliphatic heterocycles. The van der Waals surface area contributed by atoms with E-state index < -0.39 is 14.8 Å². The Balaban J connectivity index is 3.55. The Bertz CT molecular complexity index is 570. The van der Waals surface area contributed by atoms with Gasteiger partial charge in [0, 0.05) is 20.7 Å². The van der Waals surface area contributed by atoms with Gasteiger partial charge in [-0.1, -0.05) is 15.9 Å². The van der Waals surface area contributed by atoms with Crippen molar-refractivity contribution in [1.82, 2.24) is 0 Å². The molecule has 1 rings (SSSR count). The molecule has 0 aliphatic carbocycles. The predicted octanol–water partition coefficient (Wildman–Crippen LogP) is 2.35. The van der Waals surface area contributed by atoms with Gasteiger partial charge in [-0.2, -0.15) is 0 Å². The number of methoxy groups -OCH3 is 2. The molecule has 0 spiro atoms. The third kappa shape index (κ3) is 3.37. The van der Waals surface area contributed by atoms with Gasteiger partial charge in [-0.05, 0) is 6.07 Å². The second-order valence-electron chi connectivity index (χ2n) is 3.29. The van der Waals surface area contributed by atoms with E-state index in [2.05, 4.69) is 15.9 Å².